The zero-order chi connectivity index (χ0) is 16.9. The smallest absolute Gasteiger partial charge is 0.252 e. The highest BCUT2D eigenvalue weighted by molar-refractivity contribution is 6.06. The zero-order valence-electron chi connectivity index (χ0n) is 13.8. The number of amides is 1. The van der Waals surface area contributed by atoms with Crippen molar-refractivity contribution < 1.29 is 9.90 Å². The Morgan fingerprint density at radius 1 is 1.12 bits per heavy atom. The van der Waals surface area contributed by atoms with Gasteiger partial charge in [0.15, 0.2) is 0 Å². The minimum Gasteiger partial charge on any atom is -0.396 e. The second-order valence-electron chi connectivity index (χ2n) is 5.97. The lowest BCUT2D eigenvalue weighted by Crippen LogP contribution is -2.28. The molecule has 0 bridgehead atoms. The molecule has 4 nitrogen and oxygen atoms in total. The fourth-order valence-corrected chi connectivity index (χ4v) is 3.04. The summed E-state index contributed by atoms with van der Waals surface area (Å²) in [4.78, 5) is 12.8. The Hall–Kier alpha value is -2.59. The molecule has 1 aromatic heterocycles. The van der Waals surface area contributed by atoms with Crippen molar-refractivity contribution in [3.8, 4) is 0 Å². The Morgan fingerprint density at radius 2 is 1.92 bits per heavy atom. The lowest BCUT2D eigenvalue weighted by atomic mass is 10.0. The lowest BCUT2D eigenvalue weighted by Gasteiger charge is -2.19. The molecule has 1 amide bonds. The van der Waals surface area contributed by atoms with Crippen molar-refractivity contribution in [2.24, 2.45) is 7.05 Å². The van der Waals surface area contributed by atoms with E-state index >= 15 is 0 Å². The predicted octanol–water partition coefficient (Wildman–Crippen LogP) is 3.42. The molecule has 0 saturated carbocycles. The summed E-state index contributed by atoms with van der Waals surface area (Å²) in [6, 6.07) is 17.5. The average Bonchev–Trinajstić information content (AvgIpc) is 3.00. The van der Waals surface area contributed by atoms with Gasteiger partial charge in [0.25, 0.3) is 5.91 Å². The van der Waals surface area contributed by atoms with Crippen LogP contribution in [0.3, 0.4) is 0 Å². The van der Waals surface area contributed by atoms with Crippen LogP contribution >= 0.6 is 0 Å². The van der Waals surface area contributed by atoms with Crippen molar-refractivity contribution in [1.82, 2.24) is 9.88 Å². The highest BCUT2D eigenvalue weighted by atomic mass is 16.3. The first-order valence-corrected chi connectivity index (χ1v) is 8.21. The standard InChI is InChI=1S/C20H22N2O2/c1-22-13-12-16-17(9-5-11-19(16)22)20(24)21-18(10-6-14-23)15-7-3-2-4-8-15/h2-5,7-9,11-13,18,23H,6,10,14H2,1H3,(H,21,24). The number of aromatic nitrogens is 1. The maximum Gasteiger partial charge on any atom is 0.252 e. The van der Waals surface area contributed by atoms with E-state index in [0.29, 0.717) is 18.4 Å². The normalized spacial score (nSPS) is 12.2. The van der Waals surface area contributed by atoms with E-state index in [4.69, 9.17) is 5.11 Å². The number of hydrogen-bond donors (Lipinski definition) is 2. The average molecular weight is 322 g/mol. The molecule has 4 heteroatoms. The molecule has 0 saturated heterocycles. The summed E-state index contributed by atoms with van der Waals surface area (Å²) in [7, 11) is 1.97. The van der Waals surface area contributed by atoms with E-state index in [0.717, 1.165) is 16.5 Å². The van der Waals surface area contributed by atoms with Crippen LogP contribution in [0.5, 0.6) is 0 Å². The number of rotatable bonds is 6. The largest absolute Gasteiger partial charge is 0.396 e. The van der Waals surface area contributed by atoms with Gasteiger partial charge in [-0.3, -0.25) is 4.79 Å². The monoisotopic (exact) mass is 322 g/mol. The summed E-state index contributed by atoms with van der Waals surface area (Å²) in [6.07, 6.45) is 3.31. The van der Waals surface area contributed by atoms with Crippen LogP contribution in [0.4, 0.5) is 0 Å². The molecule has 0 radical (unpaired) electrons. The second-order valence-corrected chi connectivity index (χ2v) is 5.97. The number of fused-ring (bicyclic) bond motifs is 1. The summed E-state index contributed by atoms with van der Waals surface area (Å²) in [6.45, 7) is 0.119. The van der Waals surface area contributed by atoms with Crippen LogP contribution in [0.2, 0.25) is 0 Å². The second kappa shape index (κ2) is 7.32. The van der Waals surface area contributed by atoms with E-state index < -0.39 is 0 Å². The molecule has 1 heterocycles. The minimum atomic E-state index is -0.107. The van der Waals surface area contributed by atoms with Gasteiger partial charge >= 0.3 is 0 Å². The molecular weight excluding hydrogens is 300 g/mol. The molecule has 0 fully saturated rings. The summed E-state index contributed by atoms with van der Waals surface area (Å²) in [5.41, 5.74) is 2.77. The SMILES string of the molecule is Cn1ccc2c(C(=O)NC(CCCO)c3ccccc3)cccc21. The van der Waals surface area contributed by atoms with Crippen molar-refractivity contribution >= 4 is 16.8 Å². The van der Waals surface area contributed by atoms with Crippen LogP contribution in [0, 0.1) is 0 Å². The van der Waals surface area contributed by atoms with Crippen molar-refractivity contribution in [2.45, 2.75) is 18.9 Å². The van der Waals surface area contributed by atoms with Gasteiger partial charge in [-0.25, -0.2) is 0 Å². The van der Waals surface area contributed by atoms with Crippen LogP contribution < -0.4 is 5.32 Å². The number of hydrogen-bond acceptors (Lipinski definition) is 2. The molecule has 0 spiro atoms. The molecule has 3 aromatic rings. The number of aliphatic hydroxyl groups excluding tert-OH is 1. The van der Waals surface area contributed by atoms with Gasteiger partial charge in [-0.1, -0.05) is 36.4 Å². The Kier molecular flexibility index (Phi) is 4.96. The molecule has 24 heavy (non-hydrogen) atoms. The molecule has 3 rings (SSSR count). The fourth-order valence-electron chi connectivity index (χ4n) is 3.04. The quantitative estimate of drug-likeness (QED) is 0.730. The Labute approximate surface area is 141 Å². The Bertz CT molecular complexity index is 824. The van der Waals surface area contributed by atoms with Gasteiger partial charge in [0.1, 0.15) is 0 Å². The number of carbonyl (C=O) groups is 1. The van der Waals surface area contributed by atoms with Crippen LogP contribution in [-0.2, 0) is 7.05 Å². The fraction of sp³-hybridized carbons (Fsp3) is 0.250. The van der Waals surface area contributed by atoms with E-state index in [2.05, 4.69) is 5.32 Å². The van der Waals surface area contributed by atoms with Gasteiger partial charge in [0.2, 0.25) is 0 Å². The van der Waals surface area contributed by atoms with Crippen molar-refractivity contribution in [3.63, 3.8) is 0 Å². The van der Waals surface area contributed by atoms with Crippen molar-refractivity contribution in [3.05, 3.63) is 71.9 Å². The Balaban J connectivity index is 1.87. The summed E-state index contributed by atoms with van der Waals surface area (Å²) < 4.78 is 2.01. The summed E-state index contributed by atoms with van der Waals surface area (Å²) in [5, 5.41) is 13.2. The third-order valence-electron chi connectivity index (χ3n) is 4.33. The van der Waals surface area contributed by atoms with Crippen LogP contribution in [0.15, 0.2) is 60.8 Å². The molecule has 124 valence electrons. The number of aliphatic hydroxyl groups is 1. The summed E-state index contributed by atoms with van der Waals surface area (Å²) in [5.74, 6) is -0.0846. The highest BCUT2D eigenvalue weighted by Gasteiger charge is 2.17. The molecule has 1 atom stereocenters. The molecule has 0 aliphatic carbocycles. The number of benzene rings is 2. The van der Waals surface area contributed by atoms with Crippen LogP contribution in [0.25, 0.3) is 10.9 Å². The molecule has 1 unspecified atom stereocenters. The van der Waals surface area contributed by atoms with E-state index in [1.54, 1.807) is 0 Å². The van der Waals surface area contributed by atoms with Gasteiger partial charge < -0.3 is 15.0 Å². The van der Waals surface area contributed by atoms with E-state index in [1.807, 2.05) is 72.4 Å². The number of carbonyl (C=O) groups excluding carboxylic acids is 1. The van der Waals surface area contributed by atoms with E-state index in [9.17, 15) is 4.79 Å². The number of aryl methyl sites for hydroxylation is 1. The number of nitrogens with zero attached hydrogens (tertiary/aromatic N) is 1. The molecular formula is C20H22N2O2. The van der Waals surface area contributed by atoms with E-state index in [1.165, 1.54) is 0 Å². The van der Waals surface area contributed by atoms with Crippen LogP contribution in [0.1, 0.15) is 34.8 Å². The maximum absolute atomic E-state index is 12.8. The van der Waals surface area contributed by atoms with Gasteiger partial charge in [-0.05, 0) is 36.6 Å². The highest BCUT2D eigenvalue weighted by Crippen LogP contribution is 2.22. The minimum absolute atomic E-state index is 0.0846. The molecule has 0 aliphatic heterocycles. The van der Waals surface area contributed by atoms with Gasteiger partial charge in [0.05, 0.1) is 6.04 Å². The first kappa shape index (κ1) is 16.3. The predicted molar refractivity (Wildman–Crippen MR) is 95.9 cm³/mol. The topological polar surface area (TPSA) is 54.3 Å². The first-order valence-electron chi connectivity index (χ1n) is 8.21. The number of nitrogens with one attached hydrogen (secondary N) is 1. The maximum atomic E-state index is 12.8. The molecule has 0 aliphatic rings. The lowest BCUT2D eigenvalue weighted by molar-refractivity contribution is 0.0934. The van der Waals surface area contributed by atoms with Gasteiger partial charge in [-0.15, -0.1) is 0 Å². The molecule has 2 aromatic carbocycles. The Morgan fingerprint density at radius 3 is 2.67 bits per heavy atom. The van der Waals surface area contributed by atoms with Crippen LogP contribution in [-0.4, -0.2) is 22.2 Å². The zero-order valence-corrected chi connectivity index (χ0v) is 13.8. The van der Waals surface area contributed by atoms with Gasteiger partial charge in [0, 0.05) is 36.3 Å². The summed E-state index contributed by atoms with van der Waals surface area (Å²) >= 11 is 0. The van der Waals surface area contributed by atoms with Crippen molar-refractivity contribution in [1.29, 1.82) is 0 Å². The third-order valence-corrected chi connectivity index (χ3v) is 4.33. The van der Waals surface area contributed by atoms with Gasteiger partial charge in [-0.2, -0.15) is 0 Å². The first-order chi connectivity index (χ1) is 11.7. The van der Waals surface area contributed by atoms with E-state index in [-0.39, 0.29) is 18.6 Å². The van der Waals surface area contributed by atoms with Crippen molar-refractivity contribution in [2.75, 3.05) is 6.61 Å². The molecule has 2 N–H and O–H groups in total. The third kappa shape index (κ3) is 3.34.